The third-order valence-electron chi connectivity index (χ3n) is 1.96. The van der Waals surface area contributed by atoms with Gasteiger partial charge in [-0.25, -0.2) is 0 Å². The Labute approximate surface area is 101 Å². The summed E-state index contributed by atoms with van der Waals surface area (Å²) in [5.41, 5.74) is 1.06. The van der Waals surface area contributed by atoms with Crippen LogP contribution in [-0.2, 0) is 19.8 Å². The van der Waals surface area contributed by atoms with Crippen LogP contribution in [0, 0.1) is 11.3 Å². The van der Waals surface area contributed by atoms with Crippen molar-refractivity contribution in [2.75, 3.05) is 13.2 Å². The molecule has 0 saturated heterocycles. The van der Waals surface area contributed by atoms with Crippen LogP contribution in [0.1, 0.15) is 25.1 Å². The first-order chi connectivity index (χ1) is 8.13. The van der Waals surface area contributed by atoms with Crippen molar-refractivity contribution in [1.82, 2.24) is 4.98 Å². The molecule has 17 heavy (non-hydrogen) atoms. The van der Waals surface area contributed by atoms with Crippen LogP contribution in [0.5, 0.6) is 0 Å². The van der Waals surface area contributed by atoms with Crippen LogP contribution in [0.2, 0.25) is 0 Å². The Bertz CT molecular complexity index is 429. The third kappa shape index (κ3) is 4.27. The Kier molecular flexibility index (Phi) is 5.30. The standard InChI is InChI=1S/C11H15N2O3P/c1-3-15-17(14,16-4-2)9-11-6-5-10(7-12)8-13-11/h5-6,8H,3-4,9H2,1-2H3. The highest BCUT2D eigenvalue weighted by molar-refractivity contribution is 7.53. The molecular weight excluding hydrogens is 239 g/mol. The molecule has 0 aliphatic rings. The van der Waals surface area contributed by atoms with Gasteiger partial charge >= 0.3 is 7.60 Å². The largest absolute Gasteiger partial charge is 0.336 e. The summed E-state index contributed by atoms with van der Waals surface area (Å²) in [6.45, 7) is 4.18. The minimum Gasteiger partial charge on any atom is -0.309 e. The maximum absolute atomic E-state index is 12.2. The number of nitrogens with zero attached hydrogens (tertiary/aromatic N) is 2. The molecule has 1 aromatic rings. The van der Waals surface area contributed by atoms with Gasteiger partial charge in [-0.1, -0.05) is 0 Å². The summed E-state index contributed by atoms with van der Waals surface area (Å²) in [6, 6.07) is 5.26. The molecule has 92 valence electrons. The number of hydrogen-bond donors (Lipinski definition) is 0. The van der Waals surface area contributed by atoms with Gasteiger partial charge in [0.05, 0.1) is 30.6 Å². The topological polar surface area (TPSA) is 72.2 Å². The monoisotopic (exact) mass is 254 g/mol. The molecule has 1 aromatic heterocycles. The van der Waals surface area contributed by atoms with Crippen molar-refractivity contribution >= 4 is 7.60 Å². The molecule has 0 bridgehead atoms. The summed E-state index contributed by atoms with van der Waals surface area (Å²) in [7, 11) is -3.11. The lowest BCUT2D eigenvalue weighted by Gasteiger charge is -2.16. The number of pyridine rings is 1. The van der Waals surface area contributed by atoms with Gasteiger partial charge in [0.1, 0.15) is 6.07 Å². The Balaban J connectivity index is 2.79. The zero-order chi connectivity index (χ0) is 12.7. The molecule has 0 saturated carbocycles. The molecule has 0 fully saturated rings. The van der Waals surface area contributed by atoms with E-state index in [1.807, 2.05) is 6.07 Å². The zero-order valence-electron chi connectivity index (χ0n) is 9.92. The van der Waals surface area contributed by atoms with Crippen LogP contribution in [0.3, 0.4) is 0 Å². The average molecular weight is 254 g/mol. The molecular formula is C11H15N2O3P. The smallest absolute Gasteiger partial charge is 0.309 e. The Morgan fingerprint density at radius 2 is 2.00 bits per heavy atom. The molecule has 1 heterocycles. The summed E-state index contributed by atoms with van der Waals surface area (Å²) in [4.78, 5) is 4.04. The maximum Gasteiger partial charge on any atom is 0.336 e. The summed E-state index contributed by atoms with van der Waals surface area (Å²) in [5, 5.41) is 8.64. The van der Waals surface area contributed by atoms with Gasteiger partial charge in [0.25, 0.3) is 0 Å². The van der Waals surface area contributed by atoms with Crippen LogP contribution < -0.4 is 0 Å². The van der Waals surface area contributed by atoms with Gasteiger partial charge in [0, 0.05) is 6.20 Å². The fourth-order valence-electron chi connectivity index (χ4n) is 1.30. The van der Waals surface area contributed by atoms with E-state index in [2.05, 4.69) is 4.98 Å². The fraction of sp³-hybridized carbons (Fsp3) is 0.455. The Morgan fingerprint density at radius 1 is 1.35 bits per heavy atom. The molecule has 0 aliphatic carbocycles. The highest BCUT2D eigenvalue weighted by atomic mass is 31.2. The molecule has 5 nitrogen and oxygen atoms in total. The van der Waals surface area contributed by atoms with Gasteiger partial charge in [0.2, 0.25) is 0 Å². The lowest BCUT2D eigenvalue weighted by molar-refractivity contribution is 0.219. The first-order valence-electron chi connectivity index (χ1n) is 5.36. The number of aromatic nitrogens is 1. The predicted octanol–water partition coefficient (Wildman–Crippen LogP) is 2.72. The van der Waals surface area contributed by atoms with E-state index in [9.17, 15) is 4.57 Å². The number of nitriles is 1. The van der Waals surface area contributed by atoms with Crippen LogP contribution >= 0.6 is 7.60 Å². The van der Waals surface area contributed by atoms with E-state index >= 15 is 0 Å². The van der Waals surface area contributed by atoms with E-state index in [4.69, 9.17) is 14.3 Å². The minimum atomic E-state index is -3.11. The molecule has 0 aromatic carbocycles. The third-order valence-corrected chi connectivity index (χ3v) is 3.98. The van der Waals surface area contributed by atoms with Gasteiger partial charge in [0.15, 0.2) is 0 Å². The second-order valence-corrected chi connectivity index (χ2v) is 5.31. The van der Waals surface area contributed by atoms with Crippen LogP contribution in [0.15, 0.2) is 18.3 Å². The van der Waals surface area contributed by atoms with E-state index in [-0.39, 0.29) is 6.16 Å². The lowest BCUT2D eigenvalue weighted by atomic mass is 10.3. The quantitative estimate of drug-likeness (QED) is 0.730. The van der Waals surface area contributed by atoms with Crippen molar-refractivity contribution in [2.45, 2.75) is 20.0 Å². The van der Waals surface area contributed by atoms with Crippen molar-refractivity contribution in [2.24, 2.45) is 0 Å². The molecule has 0 atom stereocenters. The van der Waals surface area contributed by atoms with Gasteiger partial charge in [-0.15, -0.1) is 0 Å². The molecule has 0 amide bonds. The summed E-state index contributed by atoms with van der Waals surface area (Å²) >= 11 is 0. The second-order valence-electron chi connectivity index (χ2n) is 3.25. The molecule has 0 aliphatic heterocycles. The molecule has 0 unspecified atom stereocenters. The molecule has 1 rings (SSSR count). The van der Waals surface area contributed by atoms with E-state index in [0.29, 0.717) is 24.5 Å². The first kappa shape index (κ1) is 13.9. The SMILES string of the molecule is CCOP(=O)(Cc1ccc(C#N)cn1)OCC. The molecule has 6 heteroatoms. The van der Waals surface area contributed by atoms with Crippen molar-refractivity contribution < 1.29 is 13.6 Å². The van der Waals surface area contributed by atoms with Gasteiger partial charge < -0.3 is 9.05 Å². The van der Waals surface area contributed by atoms with E-state index in [1.54, 1.807) is 26.0 Å². The van der Waals surface area contributed by atoms with Crippen molar-refractivity contribution in [1.29, 1.82) is 5.26 Å². The number of rotatable bonds is 6. The van der Waals surface area contributed by atoms with E-state index in [0.717, 1.165) is 0 Å². The van der Waals surface area contributed by atoms with Crippen molar-refractivity contribution in [3.63, 3.8) is 0 Å². The van der Waals surface area contributed by atoms with Gasteiger partial charge in [-0.3, -0.25) is 9.55 Å². The molecule has 0 N–H and O–H groups in total. The fourth-order valence-corrected chi connectivity index (χ4v) is 2.93. The average Bonchev–Trinajstić information content (AvgIpc) is 2.30. The normalized spacial score (nSPS) is 11.1. The Morgan fingerprint density at radius 3 is 2.41 bits per heavy atom. The van der Waals surface area contributed by atoms with Crippen LogP contribution in [-0.4, -0.2) is 18.2 Å². The molecule has 0 radical (unpaired) electrons. The minimum absolute atomic E-state index is 0.125. The Hall–Kier alpha value is -1.21. The van der Waals surface area contributed by atoms with Crippen LogP contribution in [0.25, 0.3) is 0 Å². The summed E-state index contributed by atoms with van der Waals surface area (Å²) in [6.07, 6.45) is 1.57. The predicted molar refractivity (Wildman–Crippen MR) is 63.5 cm³/mol. The highest BCUT2D eigenvalue weighted by Crippen LogP contribution is 2.50. The summed E-state index contributed by atoms with van der Waals surface area (Å²) in [5.74, 6) is 0. The second kappa shape index (κ2) is 6.51. The van der Waals surface area contributed by atoms with Crippen molar-refractivity contribution in [3.8, 4) is 6.07 Å². The van der Waals surface area contributed by atoms with E-state index in [1.165, 1.54) is 6.20 Å². The highest BCUT2D eigenvalue weighted by Gasteiger charge is 2.24. The maximum atomic E-state index is 12.2. The van der Waals surface area contributed by atoms with Gasteiger partial charge in [-0.05, 0) is 26.0 Å². The van der Waals surface area contributed by atoms with Crippen molar-refractivity contribution in [3.05, 3.63) is 29.6 Å². The molecule has 0 spiro atoms. The lowest BCUT2D eigenvalue weighted by Crippen LogP contribution is -2.00. The summed E-state index contributed by atoms with van der Waals surface area (Å²) < 4.78 is 22.5. The van der Waals surface area contributed by atoms with Crippen LogP contribution in [0.4, 0.5) is 0 Å². The first-order valence-corrected chi connectivity index (χ1v) is 7.09. The zero-order valence-corrected chi connectivity index (χ0v) is 10.8. The number of hydrogen-bond acceptors (Lipinski definition) is 5. The van der Waals surface area contributed by atoms with Gasteiger partial charge in [-0.2, -0.15) is 5.26 Å². The van der Waals surface area contributed by atoms with E-state index < -0.39 is 7.60 Å².